The van der Waals surface area contributed by atoms with Crippen LogP contribution in [0.2, 0.25) is 0 Å². The van der Waals surface area contributed by atoms with Gasteiger partial charge in [0.15, 0.2) is 17.6 Å². The molecule has 0 radical (unpaired) electrons. The number of nitrogens with two attached hydrogens (primary N) is 1. The van der Waals surface area contributed by atoms with Gasteiger partial charge in [-0.3, -0.25) is 0 Å². The molecule has 1 saturated carbocycles. The van der Waals surface area contributed by atoms with Gasteiger partial charge in [0.25, 0.3) is 0 Å². The van der Waals surface area contributed by atoms with Gasteiger partial charge in [0.2, 0.25) is 0 Å². The average molecular weight is 318 g/mol. The van der Waals surface area contributed by atoms with Crippen LogP contribution in [0.25, 0.3) is 0 Å². The lowest BCUT2D eigenvalue weighted by Crippen LogP contribution is -2.43. The van der Waals surface area contributed by atoms with Crippen molar-refractivity contribution in [1.82, 2.24) is 5.32 Å². The molecular weight excluding hydrogens is 304 g/mol. The lowest BCUT2D eigenvalue weighted by atomic mass is 9.93. The number of nitrogens with zero attached hydrogens (tertiary/aromatic N) is 1. The second kappa shape index (κ2) is 5.65. The van der Waals surface area contributed by atoms with Crippen molar-refractivity contribution in [3.05, 3.63) is 33.8 Å². The van der Waals surface area contributed by atoms with E-state index in [2.05, 4.69) is 26.2 Å². The first-order valence-electron chi connectivity index (χ1n) is 5.76. The summed E-state index contributed by atoms with van der Waals surface area (Å²) >= 11 is 3.17. The zero-order chi connectivity index (χ0) is 13.1. The third kappa shape index (κ3) is 3.19. The Kier molecular flexibility index (Phi) is 4.16. The summed E-state index contributed by atoms with van der Waals surface area (Å²) < 4.78 is 26.5. The smallest absolute Gasteiger partial charge is 0.189 e. The Hall–Kier alpha value is -1.17. The predicted molar refractivity (Wildman–Crippen MR) is 70.2 cm³/mol. The van der Waals surface area contributed by atoms with E-state index in [1.54, 1.807) is 0 Å². The normalized spacial score (nSPS) is 16.5. The first kappa shape index (κ1) is 13.3. The van der Waals surface area contributed by atoms with E-state index in [9.17, 15) is 8.78 Å². The number of hydrogen-bond donors (Lipinski definition) is 2. The molecule has 0 saturated heterocycles. The fourth-order valence-corrected chi connectivity index (χ4v) is 2.10. The predicted octanol–water partition coefficient (Wildman–Crippen LogP) is 2.68. The standard InChI is InChI=1S/C12H14BrF2N3/c13-9-5-11(15)10(14)4-7(9)6-17-12(16)18-8-2-1-3-8/h4-5,8H,1-3,6H2,(H3,16,17,18). The number of halogens is 3. The molecule has 3 nitrogen and oxygen atoms in total. The van der Waals surface area contributed by atoms with Gasteiger partial charge in [-0.05, 0) is 37.0 Å². The van der Waals surface area contributed by atoms with E-state index in [1.165, 1.54) is 6.42 Å². The molecule has 1 fully saturated rings. The number of aliphatic imine (C=N–C) groups is 1. The summed E-state index contributed by atoms with van der Waals surface area (Å²) in [5.74, 6) is -1.42. The molecular formula is C12H14BrF2N3. The van der Waals surface area contributed by atoms with Gasteiger partial charge >= 0.3 is 0 Å². The first-order valence-corrected chi connectivity index (χ1v) is 6.55. The van der Waals surface area contributed by atoms with Crippen molar-refractivity contribution in [1.29, 1.82) is 0 Å². The van der Waals surface area contributed by atoms with Crippen LogP contribution in [0, 0.1) is 11.6 Å². The zero-order valence-electron chi connectivity index (χ0n) is 9.72. The zero-order valence-corrected chi connectivity index (χ0v) is 11.3. The summed E-state index contributed by atoms with van der Waals surface area (Å²) in [4.78, 5) is 4.11. The van der Waals surface area contributed by atoms with E-state index in [1.807, 2.05) is 0 Å². The molecule has 3 N–H and O–H groups in total. The Morgan fingerprint density at radius 2 is 2.06 bits per heavy atom. The van der Waals surface area contributed by atoms with Gasteiger partial charge in [-0.15, -0.1) is 0 Å². The topological polar surface area (TPSA) is 50.4 Å². The van der Waals surface area contributed by atoms with Gasteiger partial charge in [0.1, 0.15) is 0 Å². The molecule has 6 heteroatoms. The molecule has 2 rings (SSSR count). The highest BCUT2D eigenvalue weighted by molar-refractivity contribution is 9.10. The largest absolute Gasteiger partial charge is 0.370 e. The summed E-state index contributed by atoms with van der Waals surface area (Å²) in [5, 5.41) is 3.08. The summed E-state index contributed by atoms with van der Waals surface area (Å²) in [6.07, 6.45) is 3.41. The van der Waals surface area contributed by atoms with Gasteiger partial charge in [-0.2, -0.15) is 0 Å². The molecule has 0 bridgehead atoms. The second-order valence-corrected chi connectivity index (χ2v) is 5.19. The SMILES string of the molecule is NC(=NCc1cc(F)c(F)cc1Br)NC1CCC1. The van der Waals surface area contributed by atoms with Gasteiger partial charge in [0, 0.05) is 10.5 Å². The van der Waals surface area contributed by atoms with Crippen LogP contribution in [-0.2, 0) is 6.54 Å². The molecule has 0 amide bonds. The van der Waals surface area contributed by atoms with E-state index < -0.39 is 11.6 Å². The summed E-state index contributed by atoms with van der Waals surface area (Å²) in [7, 11) is 0. The minimum atomic E-state index is -0.881. The van der Waals surface area contributed by atoms with E-state index in [0.717, 1.165) is 25.0 Å². The molecule has 1 aliphatic rings. The number of hydrogen-bond acceptors (Lipinski definition) is 1. The van der Waals surface area contributed by atoms with E-state index in [0.29, 0.717) is 22.0 Å². The van der Waals surface area contributed by atoms with Gasteiger partial charge < -0.3 is 11.1 Å². The van der Waals surface area contributed by atoms with Gasteiger partial charge in [0.05, 0.1) is 6.54 Å². The van der Waals surface area contributed by atoms with Crippen molar-refractivity contribution in [3.63, 3.8) is 0 Å². The Bertz CT molecular complexity index is 473. The monoisotopic (exact) mass is 317 g/mol. The van der Waals surface area contributed by atoms with Crippen LogP contribution >= 0.6 is 15.9 Å². The van der Waals surface area contributed by atoms with Crippen molar-refractivity contribution in [2.45, 2.75) is 31.8 Å². The lowest BCUT2D eigenvalue weighted by molar-refractivity contribution is 0.382. The Balaban J connectivity index is 2.00. The average Bonchev–Trinajstić information content (AvgIpc) is 2.27. The van der Waals surface area contributed by atoms with E-state index in [-0.39, 0.29) is 6.54 Å². The van der Waals surface area contributed by atoms with Crippen LogP contribution in [0.5, 0.6) is 0 Å². The third-order valence-corrected chi connectivity index (χ3v) is 3.70. The minimum Gasteiger partial charge on any atom is -0.370 e. The van der Waals surface area contributed by atoms with Crippen LogP contribution in [0.15, 0.2) is 21.6 Å². The molecule has 18 heavy (non-hydrogen) atoms. The maximum atomic E-state index is 13.1. The maximum Gasteiger partial charge on any atom is 0.189 e. The van der Waals surface area contributed by atoms with Crippen molar-refractivity contribution in [2.24, 2.45) is 10.7 Å². The second-order valence-electron chi connectivity index (χ2n) is 4.33. The number of guanidine groups is 1. The Morgan fingerprint density at radius 1 is 1.39 bits per heavy atom. The summed E-state index contributed by atoms with van der Waals surface area (Å²) in [6.45, 7) is 0.212. The highest BCUT2D eigenvalue weighted by Crippen LogP contribution is 2.21. The molecule has 98 valence electrons. The van der Waals surface area contributed by atoms with Gasteiger partial charge in [-0.25, -0.2) is 13.8 Å². The minimum absolute atomic E-state index is 0.212. The molecule has 0 unspecified atom stereocenters. The van der Waals surface area contributed by atoms with Gasteiger partial charge in [-0.1, -0.05) is 15.9 Å². The Morgan fingerprint density at radius 3 is 2.67 bits per heavy atom. The highest BCUT2D eigenvalue weighted by Gasteiger charge is 2.17. The number of nitrogens with one attached hydrogen (secondary N) is 1. The molecule has 0 aromatic heterocycles. The molecule has 0 atom stereocenters. The lowest BCUT2D eigenvalue weighted by Gasteiger charge is -2.26. The van der Waals surface area contributed by atoms with Crippen molar-refractivity contribution in [2.75, 3.05) is 0 Å². The van der Waals surface area contributed by atoms with Crippen LogP contribution in [0.4, 0.5) is 8.78 Å². The van der Waals surface area contributed by atoms with E-state index >= 15 is 0 Å². The van der Waals surface area contributed by atoms with Crippen LogP contribution in [0.1, 0.15) is 24.8 Å². The van der Waals surface area contributed by atoms with E-state index in [4.69, 9.17) is 5.73 Å². The fraction of sp³-hybridized carbons (Fsp3) is 0.417. The Labute approximate surface area is 113 Å². The van der Waals surface area contributed by atoms with Crippen LogP contribution in [-0.4, -0.2) is 12.0 Å². The first-order chi connectivity index (χ1) is 8.56. The number of benzene rings is 1. The molecule has 1 aromatic rings. The van der Waals surface area contributed by atoms with Crippen molar-refractivity contribution >= 4 is 21.9 Å². The molecule has 1 aromatic carbocycles. The maximum absolute atomic E-state index is 13.1. The van der Waals surface area contributed by atoms with Crippen LogP contribution < -0.4 is 11.1 Å². The summed E-state index contributed by atoms with van der Waals surface area (Å²) in [6, 6.07) is 2.62. The summed E-state index contributed by atoms with van der Waals surface area (Å²) in [5.41, 5.74) is 6.27. The third-order valence-electron chi connectivity index (χ3n) is 2.97. The quantitative estimate of drug-likeness (QED) is 0.511. The van der Waals surface area contributed by atoms with Crippen LogP contribution in [0.3, 0.4) is 0 Å². The number of rotatable bonds is 3. The molecule has 0 aliphatic heterocycles. The highest BCUT2D eigenvalue weighted by atomic mass is 79.9. The van der Waals surface area contributed by atoms with Crippen molar-refractivity contribution in [3.8, 4) is 0 Å². The van der Waals surface area contributed by atoms with Crippen molar-refractivity contribution < 1.29 is 8.78 Å². The molecule has 0 spiro atoms. The molecule has 0 heterocycles. The molecule has 1 aliphatic carbocycles. The fourth-order valence-electron chi connectivity index (χ4n) is 1.66.